The van der Waals surface area contributed by atoms with Crippen molar-refractivity contribution in [3.63, 3.8) is 0 Å². The van der Waals surface area contributed by atoms with E-state index in [0.717, 1.165) is 5.56 Å². The molecule has 114 valence electrons. The Morgan fingerprint density at radius 1 is 1.09 bits per heavy atom. The number of hydrogen-bond acceptors (Lipinski definition) is 3. The molecule has 0 atom stereocenters. The van der Waals surface area contributed by atoms with E-state index in [2.05, 4.69) is 5.32 Å². The van der Waals surface area contributed by atoms with Crippen LogP contribution in [-0.4, -0.2) is 23.8 Å². The van der Waals surface area contributed by atoms with Gasteiger partial charge in [0.15, 0.2) is 0 Å². The Bertz CT molecular complexity index is 668. The molecule has 0 saturated carbocycles. The van der Waals surface area contributed by atoms with Crippen LogP contribution in [0.2, 0.25) is 0 Å². The molecule has 0 aliphatic rings. The molecule has 0 saturated heterocycles. The Morgan fingerprint density at radius 2 is 1.82 bits per heavy atom. The predicted octanol–water partition coefficient (Wildman–Crippen LogP) is 3.54. The van der Waals surface area contributed by atoms with Crippen LogP contribution in [0, 0.1) is 0 Å². The lowest BCUT2D eigenvalue weighted by Crippen LogP contribution is -2.17. The van der Waals surface area contributed by atoms with E-state index in [-0.39, 0.29) is 17.9 Å². The normalized spacial score (nSPS) is 10.0. The third kappa shape index (κ3) is 3.85. The molecule has 5 nitrogen and oxygen atoms in total. The fourth-order valence-electron chi connectivity index (χ4n) is 2.20. The largest absolute Gasteiger partial charge is 0.478 e. The van der Waals surface area contributed by atoms with Crippen molar-refractivity contribution in [1.82, 2.24) is 0 Å². The van der Waals surface area contributed by atoms with Gasteiger partial charge in [0.05, 0.1) is 17.9 Å². The van der Waals surface area contributed by atoms with Crippen LogP contribution in [0.5, 0.6) is 0 Å². The highest BCUT2D eigenvalue weighted by Gasteiger charge is 2.17. The standard InChI is InChI=1S/C17H17NO4/c1-2-22-17(21)18-14-10-6-9-13(15(14)16(19)20)11-12-7-4-3-5-8-12/h3-10H,2,11H2,1H3,(H,18,21)(H,19,20). The fourth-order valence-corrected chi connectivity index (χ4v) is 2.20. The van der Waals surface area contributed by atoms with Gasteiger partial charge in [-0.1, -0.05) is 42.5 Å². The Balaban J connectivity index is 2.34. The number of aromatic carboxylic acids is 1. The molecule has 0 aromatic heterocycles. The number of amides is 1. The lowest BCUT2D eigenvalue weighted by Gasteiger charge is -2.12. The maximum absolute atomic E-state index is 11.6. The van der Waals surface area contributed by atoms with Crippen molar-refractivity contribution in [2.45, 2.75) is 13.3 Å². The second kappa shape index (κ2) is 7.26. The van der Waals surface area contributed by atoms with Gasteiger partial charge in [-0.05, 0) is 30.5 Å². The van der Waals surface area contributed by atoms with Crippen molar-refractivity contribution in [2.24, 2.45) is 0 Å². The maximum atomic E-state index is 11.6. The predicted molar refractivity (Wildman–Crippen MR) is 83.3 cm³/mol. The SMILES string of the molecule is CCOC(=O)Nc1cccc(Cc2ccccc2)c1C(=O)O. The Kier molecular flexibility index (Phi) is 5.14. The zero-order valence-corrected chi connectivity index (χ0v) is 12.2. The van der Waals surface area contributed by atoms with Crippen LogP contribution >= 0.6 is 0 Å². The molecule has 0 fully saturated rings. The first-order chi connectivity index (χ1) is 10.6. The topological polar surface area (TPSA) is 75.6 Å². The minimum atomic E-state index is -1.08. The molecular weight excluding hydrogens is 282 g/mol. The van der Waals surface area contributed by atoms with E-state index in [9.17, 15) is 14.7 Å². The van der Waals surface area contributed by atoms with E-state index in [1.54, 1.807) is 25.1 Å². The van der Waals surface area contributed by atoms with Crippen LogP contribution in [0.15, 0.2) is 48.5 Å². The van der Waals surface area contributed by atoms with Crippen LogP contribution in [0.3, 0.4) is 0 Å². The summed E-state index contributed by atoms with van der Waals surface area (Å²) in [6, 6.07) is 14.6. The van der Waals surface area contributed by atoms with Crippen molar-refractivity contribution < 1.29 is 19.4 Å². The molecular formula is C17H17NO4. The number of nitrogens with one attached hydrogen (secondary N) is 1. The smallest absolute Gasteiger partial charge is 0.411 e. The molecule has 2 aromatic rings. The third-order valence-corrected chi connectivity index (χ3v) is 3.11. The van der Waals surface area contributed by atoms with Crippen LogP contribution in [0.4, 0.5) is 10.5 Å². The van der Waals surface area contributed by atoms with Gasteiger partial charge >= 0.3 is 12.1 Å². The van der Waals surface area contributed by atoms with Crippen LogP contribution in [0.25, 0.3) is 0 Å². The summed E-state index contributed by atoms with van der Waals surface area (Å²) >= 11 is 0. The van der Waals surface area contributed by atoms with Crippen molar-refractivity contribution in [3.05, 3.63) is 65.2 Å². The monoisotopic (exact) mass is 299 g/mol. The van der Waals surface area contributed by atoms with Gasteiger partial charge in [-0.15, -0.1) is 0 Å². The van der Waals surface area contributed by atoms with E-state index in [0.29, 0.717) is 12.0 Å². The van der Waals surface area contributed by atoms with Gasteiger partial charge in [0, 0.05) is 0 Å². The van der Waals surface area contributed by atoms with Crippen molar-refractivity contribution >= 4 is 17.7 Å². The van der Waals surface area contributed by atoms with Gasteiger partial charge in [-0.2, -0.15) is 0 Å². The Morgan fingerprint density at radius 3 is 2.45 bits per heavy atom. The van der Waals surface area contributed by atoms with E-state index < -0.39 is 12.1 Å². The molecule has 5 heteroatoms. The first kappa shape index (κ1) is 15.6. The first-order valence-electron chi connectivity index (χ1n) is 6.94. The molecule has 0 unspecified atom stereocenters. The van der Waals surface area contributed by atoms with Crippen molar-refractivity contribution in [1.29, 1.82) is 0 Å². The van der Waals surface area contributed by atoms with Gasteiger partial charge in [0.25, 0.3) is 0 Å². The highest BCUT2D eigenvalue weighted by Crippen LogP contribution is 2.23. The quantitative estimate of drug-likeness (QED) is 0.885. The number of ether oxygens (including phenoxy) is 1. The average molecular weight is 299 g/mol. The number of carboxylic acid groups (broad SMARTS) is 1. The number of rotatable bonds is 5. The minimum Gasteiger partial charge on any atom is -0.478 e. The molecule has 1 amide bonds. The molecule has 2 rings (SSSR count). The molecule has 0 spiro atoms. The number of carboxylic acids is 1. The Labute approximate surface area is 128 Å². The van der Waals surface area contributed by atoms with Crippen LogP contribution in [0.1, 0.15) is 28.4 Å². The highest BCUT2D eigenvalue weighted by molar-refractivity contribution is 6.00. The lowest BCUT2D eigenvalue weighted by atomic mass is 9.98. The van der Waals surface area contributed by atoms with E-state index in [4.69, 9.17) is 4.74 Å². The molecule has 0 heterocycles. The van der Waals surface area contributed by atoms with Gasteiger partial charge in [0.1, 0.15) is 0 Å². The summed E-state index contributed by atoms with van der Waals surface area (Å²) < 4.78 is 4.80. The summed E-state index contributed by atoms with van der Waals surface area (Å²) in [6.45, 7) is 1.90. The van der Waals surface area contributed by atoms with Gasteiger partial charge in [-0.25, -0.2) is 9.59 Å². The molecule has 0 aliphatic carbocycles. The number of carbonyl (C=O) groups excluding carboxylic acids is 1. The van der Waals surface area contributed by atoms with Crippen LogP contribution in [-0.2, 0) is 11.2 Å². The van der Waals surface area contributed by atoms with Gasteiger partial charge < -0.3 is 9.84 Å². The summed E-state index contributed by atoms with van der Waals surface area (Å²) in [5.41, 5.74) is 1.95. The number of carbonyl (C=O) groups is 2. The molecule has 2 aromatic carbocycles. The highest BCUT2D eigenvalue weighted by atomic mass is 16.5. The molecule has 0 bridgehead atoms. The molecule has 0 aliphatic heterocycles. The van der Waals surface area contributed by atoms with Crippen molar-refractivity contribution in [2.75, 3.05) is 11.9 Å². The summed E-state index contributed by atoms with van der Waals surface area (Å²) in [7, 11) is 0. The summed E-state index contributed by atoms with van der Waals surface area (Å²) in [5, 5.41) is 12.0. The zero-order valence-electron chi connectivity index (χ0n) is 12.2. The number of benzene rings is 2. The third-order valence-electron chi connectivity index (χ3n) is 3.11. The summed E-state index contributed by atoms with van der Waals surface area (Å²) in [5.74, 6) is -1.08. The molecule has 2 N–H and O–H groups in total. The number of hydrogen-bond donors (Lipinski definition) is 2. The average Bonchev–Trinajstić information content (AvgIpc) is 2.48. The Hall–Kier alpha value is -2.82. The lowest BCUT2D eigenvalue weighted by molar-refractivity contribution is 0.0697. The minimum absolute atomic E-state index is 0.0828. The first-order valence-corrected chi connectivity index (χ1v) is 6.94. The van der Waals surface area contributed by atoms with Gasteiger partial charge in [0.2, 0.25) is 0 Å². The maximum Gasteiger partial charge on any atom is 0.411 e. The van der Waals surface area contributed by atoms with Crippen molar-refractivity contribution in [3.8, 4) is 0 Å². The van der Waals surface area contributed by atoms with E-state index in [1.807, 2.05) is 30.3 Å². The molecule has 0 radical (unpaired) electrons. The molecule has 22 heavy (non-hydrogen) atoms. The van der Waals surface area contributed by atoms with Crippen LogP contribution < -0.4 is 5.32 Å². The fraction of sp³-hybridized carbons (Fsp3) is 0.176. The zero-order chi connectivity index (χ0) is 15.9. The van der Waals surface area contributed by atoms with Gasteiger partial charge in [-0.3, -0.25) is 5.32 Å². The number of anilines is 1. The summed E-state index contributed by atoms with van der Waals surface area (Å²) in [6.07, 6.45) is -0.192. The second-order valence-corrected chi connectivity index (χ2v) is 4.65. The van der Waals surface area contributed by atoms with E-state index >= 15 is 0 Å². The second-order valence-electron chi connectivity index (χ2n) is 4.65. The summed E-state index contributed by atoms with van der Waals surface area (Å²) in [4.78, 5) is 23.1. The van der Waals surface area contributed by atoms with E-state index in [1.165, 1.54) is 0 Å².